The molecule has 0 bridgehead atoms. The number of nitrogens with zero attached hydrogens (tertiary/aromatic N) is 2. The van der Waals surface area contributed by atoms with E-state index in [0.717, 1.165) is 10.6 Å². The van der Waals surface area contributed by atoms with E-state index in [1.54, 1.807) is 24.3 Å². The van der Waals surface area contributed by atoms with Crippen LogP contribution in [0.15, 0.2) is 53.4 Å². The van der Waals surface area contributed by atoms with E-state index in [4.69, 9.17) is 11.6 Å². The van der Waals surface area contributed by atoms with Gasteiger partial charge in [-0.25, -0.2) is 16.8 Å². The molecule has 7 nitrogen and oxygen atoms in total. The Morgan fingerprint density at radius 2 is 1.68 bits per heavy atom. The van der Waals surface area contributed by atoms with E-state index < -0.39 is 25.6 Å². The Bertz CT molecular complexity index is 1100. The Kier molecular flexibility index (Phi) is 5.81. The van der Waals surface area contributed by atoms with Crippen LogP contribution in [0.4, 0.5) is 5.69 Å². The van der Waals surface area contributed by atoms with Crippen molar-refractivity contribution < 1.29 is 21.6 Å². The van der Waals surface area contributed by atoms with Gasteiger partial charge in [-0.2, -0.15) is 4.31 Å². The molecule has 1 heterocycles. The molecule has 0 spiro atoms. The van der Waals surface area contributed by atoms with Crippen LogP contribution >= 0.6 is 11.6 Å². The highest BCUT2D eigenvalue weighted by Gasteiger charge is 2.35. The van der Waals surface area contributed by atoms with Crippen LogP contribution in [0.2, 0.25) is 5.02 Å². The molecule has 3 rings (SSSR count). The van der Waals surface area contributed by atoms with Crippen molar-refractivity contribution in [3.8, 4) is 0 Å². The number of halogens is 1. The molecule has 150 valence electrons. The second-order valence-electron chi connectivity index (χ2n) is 6.54. The summed E-state index contributed by atoms with van der Waals surface area (Å²) in [5.41, 5.74) is 0.829. The molecular weight excluding hydrogens is 424 g/mol. The minimum absolute atomic E-state index is 0.0911. The van der Waals surface area contributed by atoms with Crippen molar-refractivity contribution in [1.29, 1.82) is 0 Å². The van der Waals surface area contributed by atoms with Crippen LogP contribution in [0.3, 0.4) is 0 Å². The SMILES string of the molecule is CS(=O)(=O)Cc1ccc(Cl)cc1S(=O)(=O)N1CCN(c2ccccc2)C(=O)C1. The average molecular weight is 443 g/mol. The van der Waals surface area contributed by atoms with Gasteiger partial charge < -0.3 is 4.90 Å². The molecule has 0 N–H and O–H groups in total. The molecular formula is C18H19ClN2O5S2. The number of sulfone groups is 1. The number of hydrogen-bond donors (Lipinski definition) is 0. The van der Waals surface area contributed by atoms with Gasteiger partial charge in [0.25, 0.3) is 0 Å². The number of piperazine rings is 1. The van der Waals surface area contributed by atoms with E-state index in [1.165, 1.54) is 23.1 Å². The predicted molar refractivity (Wildman–Crippen MR) is 108 cm³/mol. The smallest absolute Gasteiger partial charge is 0.243 e. The molecule has 28 heavy (non-hydrogen) atoms. The third kappa shape index (κ3) is 4.54. The first-order valence-electron chi connectivity index (χ1n) is 8.40. The second-order valence-corrected chi connectivity index (χ2v) is 11.0. The summed E-state index contributed by atoms with van der Waals surface area (Å²) in [6.07, 6.45) is 1.03. The lowest BCUT2D eigenvalue weighted by molar-refractivity contribution is -0.119. The van der Waals surface area contributed by atoms with Gasteiger partial charge >= 0.3 is 0 Å². The van der Waals surface area contributed by atoms with Gasteiger partial charge in [0, 0.05) is 30.1 Å². The zero-order valence-electron chi connectivity index (χ0n) is 15.1. The van der Waals surface area contributed by atoms with Gasteiger partial charge in [0.2, 0.25) is 15.9 Å². The molecule has 2 aromatic carbocycles. The molecule has 1 saturated heterocycles. The van der Waals surface area contributed by atoms with Crippen LogP contribution < -0.4 is 4.90 Å². The van der Waals surface area contributed by atoms with Gasteiger partial charge in [-0.05, 0) is 29.8 Å². The maximum Gasteiger partial charge on any atom is 0.243 e. The van der Waals surface area contributed by atoms with E-state index in [2.05, 4.69) is 0 Å². The van der Waals surface area contributed by atoms with Gasteiger partial charge in [-0.3, -0.25) is 4.79 Å². The molecule has 0 atom stereocenters. The topological polar surface area (TPSA) is 91.8 Å². The van der Waals surface area contributed by atoms with Crippen molar-refractivity contribution in [2.45, 2.75) is 10.6 Å². The Labute approximate surface area is 169 Å². The highest BCUT2D eigenvalue weighted by atomic mass is 35.5. The first kappa shape index (κ1) is 20.8. The maximum atomic E-state index is 13.1. The van der Waals surface area contributed by atoms with Gasteiger partial charge in [0.05, 0.1) is 17.2 Å². The fraction of sp³-hybridized carbons (Fsp3) is 0.278. The molecule has 0 saturated carbocycles. The van der Waals surface area contributed by atoms with Crippen LogP contribution in [-0.2, 0) is 30.4 Å². The van der Waals surface area contributed by atoms with Crippen LogP contribution in [0.1, 0.15) is 5.56 Å². The van der Waals surface area contributed by atoms with Crippen molar-refractivity contribution in [2.24, 2.45) is 0 Å². The van der Waals surface area contributed by atoms with Crippen molar-refractivity contribution in [2.75, 3.05) is 30.8 Å². The summed E-state index contributed by atoms with van der Waals surface area (Å²) in [6, 6.07) is 13.1. The molecule has 0 aromatic heterocycles. The summed E-state index contributed by atoms with van der Waals surface area (Å²) in [4.78, 5) is 13.9. The second kappa shape index (κ2) is 7.82. The minimum Gasteiger partial charge on any atom is -0.310 e. The zero-order chi connectivity index (χ0) is 20.5. The molecule has 1 aliphatic rings. The van der Waals surface area contributed by atoms with Crippen molar-refractivity contribution in [1.82, 2.24) is 4.31 Å². The summed E-state index contributed by atoms with van der Waals surface area (Å²) >= 11 is 5.96. The number of benzene rings is 2. The third-order valence-electron chi connectivity index (χ3n) is 4.32. The van der Waals surface area contributed by atoms with E-state index in [-0.39, 0.29) is 41.0 Å². The van der Waals surface area contributed by atoms with Crippen LogP contribution in [0.25, 0.3) is 0 Å². The van der Waals surface area contributed by atoms with Gasteiger partial charge in [0.1, 0.15) is 0 Å². The third-order valence-corrected chi connectivity index (χ3v) is 7.32. The normalized spacial score (nSPS) is 16.4. The van der Waals surface area contributed by atoms with Gasteiger partial charge in [-0.15, -0.1) is 0 Å². The molecule has 1 amide bonds. The number of carbonyl (C=O) groups excluding carboxylic acids is 1. The van der Waals surface area contributed by atoms with E-state index in [0.29, 0.717) is 5.69 Å². The lowest BCUT2D eigenvalue weighted by atomic mass is 10.2. The number of anilines is 1. The van der Waals surface area contributed by atoms with Gasteiger partial charge in [0.15, 0.2) is 9.84 Å². The monoisotopic (exact) mass is 442 g/mol. The lowest BCUT2D eigenvalue weighted by Crippen LogP contribution is -2.52. The number of carbonyl (C=O) groups is 1. The first-order valence-corrected chi connectivity index (χ1v) is 12.3. The van der Waals surface area contributed by atoms with Crippen LogP contribution in [0, 0.1) is 0 Å². The first-order chi connectivity index (χ1) is 13.1. The maximum absolute atomic E-state index is 13.1. The molecule has 2 aromatic rings. The van der Waals surface area contributed by atoms with Crippen molar-refractivity contribution >= 4 is 43.1 Å². The molecule has 10 heteroatoms. The van der Waals surface area contributed by atoms with E-state index >= 15 is 0 Å². The molecule has 1 fully saturated rings. The standard InChI is InChI=1S/C18H19ClN2O5S2/c1-27(23,24)13-14-7-8-15(19)11-17(14)28(25,26)20-9-10-21(18(22)12-20)16-5-3-2-4-6-16/h2-8,11H,9-10,12-13H2,1H3. The number of hydrogen-bond acceptors (Lipinski definition) is 5. The largest absolute Gasteiger partial charge is 0.310 e. The Hall–Kier alpha value is -1.94. The van der Waals surface area contributed by atoms with Crippen LogP contribution in [-0.4, -0.2) is 52.9 Å². The summed E-state index contributed by atoms with van der Waals surface area (Å²) in [5.74, 6) is -0.788. The fourth-order valence-corrected chi connectivity index (χ4v) is 5.82. The lowest BCUT2D eigenvalue weighted by Gasteiger charge is -2.34. The quantitative estimate of drug-likeness (QED) is 0.705. The zero-order valence-corrected chi connectivity index (χ0v) is 17.5. The summed E-state index contributed by atoms with van der Waals surface area (Å²) < 4.78 is 50.7. The molecule has 0 unspecified atom stereocenters. The van der Waals surface area contributed by atoms with Gasteiger partial charge in [-0.1, -0.05) is 35.9 Å². The minimum atomic E-state index is -4.09. The predicted octanol–water partition coefficient (Wildman–Crippen LogP) is 1.92. The van der Waals surface area contributed by atoms with Crippen molar-refractivity contribution in [3.05, 3.63) is 59.1 Å². The number of sulfonamides is 1. The Morgan fingerprint density at radius 1 is 1.00 bits per heavy atom. The fourth-order valence-electron chi connectivity index (χ4n) is 3.05. The summed E-state index contributed by atoms with van der Waals surface area (Å²) in [6.45, 7) is -0.0418. The Balaban J connectivity index is 1.91. The molecule has 0 aliphatic carbocycles. The molecule has 1 aliphatic heterocycles. The Morgan fingerprint density at radius 3 is 2.29 bits per heavy atom. The highest BCUT2D eigenvalue weighted by molar-refractivity contribution is 7.90. The highest BCUT2D eigenvalue weighted by Crippen LogP contribution is 2.27. The van der Waals surface area contributed by atoms with Crippen molar-refractivity contribution in [3.63, 3.8) is 0 Å². The molecule has 0 radical (unpaired) electrons. The number of amides is 1. The van der Waals surface area contributed by atoms with E-state index in [1.807, 2.05) is 6.07 Å². The summed E-state index contributed by atoms with van der Waals surface area (Å²) in [5, 5.41) is 0.171. The average Bonchev–Trinajstić information content (AvgIpc) is 2.62. The number of para-hydroxylation sites is 1. The van der Waals surface area contributed by atoms with E-state index in [9.17, 15) is 21.6 Å². The summed E-state index contributed by atoms with van der Waals surface area (Å²) in [7, 11) is -7.55. The number of rotatable bonds is 5. The van der Waals surface area contributed by atoms with Crippen LogP contribution in [0.5, 0.6) is 0 Å².